The molecule has 160 valence electrons. The van der Waals surface area contributed by atoms with Gasteiger partial charge in [0.2, 0.25) is 0 Å². The highest BCUT2D eigenvalue weighted by molar-refractivity contribution is 8.38. The van der Waals surface area contributed by atoms with E-state index in [9.17, 15) is 23.2 Å². The second-order valence-electron chi connectivity index (χ2n) is 5.99. The van der Waals surface area contributed by atoms with Crippen LogP contribution in [0.5, 0.6) is 0 Å². The molecule has 0 spiro atoms. The number of hydrogen-bond donors (Lipinski definition) is 0. The zero-order valence-electron chi connectivity index (χ0n) is 16.8. The van der Waals surface area contributed by atoms with Crippen LogP contribution in [-0.2, 0) is 12.3 Å². The van der Waals surface area contributed by atoms with E-state index in [0.717, 1.165) is 22.9 Å². The first-order chi connectivity index (χ1) is 14.2. The Bertz CT molecular complexity index is 1040. The molecule has 1 aliphatic heterocycles. The molecule has 1 aromatic carbocycles. The molecule has 0 bridgehead atoms. The monoisotopic (exact) mass is 455 g/mol. The first-order valence-corrected chi connectivity index (χ1v) is 10.8. The Hall–Kier alpha value is -2.45. The molecular formula is C19H20F3N5OS2. The van der Waals surface area contributed by atoms with Gasteiger partial charge in [0, 0.05) is 12.8 Å². The summed E-state index contributed by atoms with van der Waals surface area (Å²) in [5, 5.41) is 18.6. The number of nitrogens with zero attached hydrogens (tertiary/aromatic N) is 5. The first-order valence-electron chi connectivity index (χ1n) is 8.97. The summed E-state index contributed by atoms with van der Waals surface area (Å²) < 4.78 is 38.8. The minimum atomic E-state index is -4.54. The highest BCUT2D eigenvalue weighted by atomic mass is 32.2. The number of nitriles is 1. The van der Waals surface area contributed by atoms with E-state index in [-0.39, 0.29) is 4.90 Å². The SMILES string of the molecule is CC.Cc1ccc(CSC2=NN(C)c3cnn(CC(F)(F)F)c(=O)c3S2)c(C#N)c1. The lowest BCUT2D eigenvalue weighted by Gasteiger charge is -2.23. The minimum absolute atomic E-state index is 0.142. The van der Waals surface area contributed by atoms with Crippen molar-refractivity contribution in [1.29, 1.82) is 5.26 Å². The van der Waals surface area contributed by atoms with E-state index in [0.29, 0.717) is 26.1 Å². The molecule has 0 aliphatic carbocycles. The molecule has 1 aromatic heterocycles. The molecule has 0 radical (unpaired) electrons. The van der Waals surface area contributed by atoms with Gasteiger partial charge in [0.05, 0.1) is 23.5 Å². The average molecular weight is 456 g/mol. The standard InChI is InChI=1S/C17H14F3N5OS2.C2H6/c1-10-3-4-11(12(5-10)6-21)8-27-16-23-24(2)13-7-22-25(9-17(18,19)20)15(26)14(13)28-16;1-2/h3-5,7H,8-9H2,1-2H3;1-2H3. The number of thioether (sulfide) groups is 2. The molecule has 11 heteroatoms. The van der Waals surface area contributed by atoms with Crippen LogP contribution in [0.4, 0.5) is 18.9 Å². The van der Waals surface area contributed by atoms with Crippen LogP contribution < -0.4 is 10.6 Å². The first kappa shape index (κ1) is 23.8. The predicted octanol–water partition coefficient (Wildman–Crippen LogP) is 4.76. The van der Waals surface area contributed by atoms with E-state index in [2.05, 4.69) is 16.3 Å². The van der Waals surface area contributed by atoms with Gasteiger partial charge in [-0.3, -0.25) is 9.80 Å². The molecule has 6 nitrogen and oxygen atoms in total. The van der Waals surface area contributed by atoms with Crippen LogP contribution in [0.25, 0.3) is 0 Å². The van der Waals surface area contributed by atoms with E-state index in [4.69, 9.17) is 0 Å². The van der Waals surface area contributed by atoms with Gasteiger partial charge in [-0.1, -0.05) is 49.5 Å². The van der Waals surface area contributed by atoms with E-state index < -0.39 is 18.3 Å². The molecule has 0 atom stereocenters. The molecule has 2 aromatic rings. The van der Waals surface area contributed by atoms with Crippen molar-refractivity contribution in [3.63, 3.8) is 0 Å². The van der Waals surface area contributed by atoms with Crippen molar-refractivity contribution < 1.29 is 13.2 Å². The van der Waals surface area contributed by atoms with E-state index in [1.54, 1.807) is 13.1 Å². The van der Waals surface area contributed by atoms with Gasteiger partial charge in [0.25, 0.3) is 5.56 Å². The Kier molecular flexibility index (Phi) is 7.97. The lowest BCUT2D eigenvalue weighted by molar-refractivity contribution is -0.143. The summed E-state index contributed by atoms with van der Waals surface area (Å²) in [5.41, 5.74) is 1.89. The van der Waals surface area contributed by atoms with Gasteiger partial charge < -0.3 is 0 Å². The van der Waals surface area contributed by atoms with Crippen LogP contribution in [0.1, 0.15) is 30.5 Å². The highest BCUT2D eigenvalue weighted by Crippen LogP contribution is 2.36. The predicted molar refractivity (Wildman–Crippen MR) is 115 cm³/mol. The van der Waals surface area contributed by atoms with Crippen molar-refractivity contribution in [3.8, 4) is 6.07 Å². The fourth-order valence-corrected chi connectivity index (χ4v) is 4.67. The zero-order chi connectivity index (χ0) is 22.5. The summed E-state index contributed by atoms with van der Waals surface area (Å²) in [4.78, 5) is 12.6. The van der Waals surface area contributed by atoms with Gasteiger partial charge in [0.15, 0.2) is 4.38 Å². The number of halogens is 3. The number of benzene rings is 1. The van der Waals surface area contributed by atoms with Crippen LogP contribution in [0.2, 0.25) is 0 Å². The minimum Gasteiger partial charge on any atom is -0.266 e. The summed E-state index contributed by atoms with van der Waals surface area (Å²) in [6, 6.07) is 7.69. The smallest absolute Gasteiger partial charge is 0.266 e. The molecule has 30 heavy (non-hydrogen) atoms. The zero-order valence-corrected chi connectivity index (χ0v) is 18.5. The van der Waals surface area contributed by atoms with Crippen LogP contribution in [-0.4, -0.2) is 27.4 Å². The Labute approximate surface area is 180 Å². The molecule has 0 saturated heterocycles. The van der Waals surface area contributed by atoms with Gasteiger partial charge >= 0.3 is 6.18 Å². The number of aryl methyl sites for hydroxylation is 1. The molecule has 0 saturated carbocycles. The number of hydrazone groups is 1. The van der Waals surface area contributed by atoms with E-state index >= 15 is 0 Å². The summed E-state index contributed by atoms with van der Waals surface area (Å²) in [6.07, 6.45) is -3.34. The third-order valence-corrected chi connectivity index (χ3v) is 6.05. The van der Waals surface area contributed by atoms with Crippen LogP contribution in [0.15, 0.2) is 39.2 Å². The topological polar surface area (TPSA) is 74.3 Å². The number of anilines is 1. The summed E-state index contributed by atoms with van der Waals surface area (Å²) in [6.45, 7) is 4.45. The van der Waals surface area contributed by atoms with Crippen molar-refractivity contribution in [1.82, 2.24) is 9.78 Å². The van der Waals surface area contributed by atoms with Gasteiger partial charge in [-0.05, 0) is 24.1 Å². The van der Waals surface area contributed by atoms with Crippen molar-refractivity contribution in [2.75, 3.05) is 12.1 Å². The maximum absolute atomic E-state index is 12.6. The van der Waals surface area contributed by atoms with Crippen LogP contribution in [0.3, 0.4) is 0 Å². The molecule has 3 rings (SSSR count). The second-order valence-corrected chi connectivity index (χ2v) is 8.21. The highest BCUT2D eigenvalue weighted by Gasteiger charge is 2.31. The third-order valence-electron chi connectivity index (χ3n) is 3.82. The summed E-state index contributed by atoms with van der Waals surface area (Å²) in [7, 11) is 1.60. The van der Waals surface area contributed by atoms with Crippen molar-refractivity contribution in [2.24, 2.45) is 5.10 Å². The summed E-state index contributed by atoms with van der Waals surface area (Å²) in [5.74, 6) is 0.444. The van der Waals surface area contributed by atoms with Gasteiger partial charge in [-0.2, -0.15) is 28.6 Å². The molecular weight excluding hydrogens is 435 g/mol. The molecule has 0 N–H and O–H groups in total. The quantitative estimate of drug-likeness (QED) is 0.665. The lowest BCUT2D eigenvalue weighted by atomic mass is 10.1. The average Bonchev–Trinajstić information content (AvgIpc) is 2.70. The van der Waals surface area contributed by atoms with E-state index in [1.165, 1.54) is 23.0 Å². The number of aromatic nitrogens is 2. The van der Waals surface area contributed by atoms with Crippen molar-refractivity contribution in [3.05, 3.63) is 51.4 Å². The normalized spacial score (nSPS) is 13.0. The summed E-state index contributed by atoms with van der Waals surface area (Å²) >= 11 is 2.32. The molecule has 0 fully saturated rings. The Balaban J connectivity index is 0.00000155. The number of hydrogen-bond acceptors (Lipinski definition) is 7. The fraction of sp³-hybridized carbons (Fsp3) is 0.368. The third kappa shape index (κ3) is 5.79. The van der Waals surface area contributed by atoms with Gasteiger partial charge in [-0.15, -0.1) is 0 Å². The lowest BCUT2D eigenvalue weighted by Crippen LogP contribution is -2.33. The number of fused-ring (bicyclic) bond motifs is 1. The maximum Gasteiger partial charge on any atom is 0.408 e. The maximum atomic E-state index is 12.6. The molecule has 0 unspecified atom stereocenters. The number of rotatable bonds is 3. The number of alkyl halides is 3. The molecule has 2 heterocycles. The van der Waals surface area contributed by atoms with Crippen LogP contribution in [0, 0.1) is 18.3 Å². The Morgan fingerprint density at radius 2 is 2.00 bits per heavy atom. The van der Waals surface area contributed by atoms with E-state index in [1.807, 2.05) is 32.9 Å². The Morgan fingerprint density at radius 3 is 2.63 bits per heavy atom. The van der Waals surface area contributed by atoms with Crippen molar-refractivity contribution in [2.45, 2.75) is 44.1 Å². The van der Waals surface area contributed by atoms with Gasteiger partial charge in [0.1, 0.15) is 11.4 Å². The van der Waals surface area contributed by atoms with Crippen LogP contribution >= 0.6 is 23.5 Å². The second kappa shape index (κ2) is 10.0. The largest absolute Gasteiger partial charge is 0.408 e. The fourth-order valence-electron chi connectivity index (χ4n) is 2.47. The molecule has 1 aliphatic rings. The Morgan fingerprint density at radius 1 is 1.30 bits per heavy atom. The molecule has 0 amide bonds. The van der Waals surface area contributed by atoms with Crippen molar-refractivity contribution >= 4 is 33.6 Å². The van der Waals surface area contributed by atoms with Gasteiger partial charge in [-0.25, -0.2) is 4.68 Å².